The molecule has 0 saturated carbocycles. The number of hydrogen-bond donors (Lipinski definition) is 3. The fourth-order valence-corrected chi connectivity index (χ4v) is 2.51. The van der Waals surface area contributed by atoms with Crippen molar-refractivity contribution in [2.24, 2.45) is 0 Å². The van der Waals surface area contributed by atoms with Gasteiger partial charge in [-0.25, -0.2) is 4.68 Å². The number of benzene rings is 2. The molecule has 138 valence electrons. The number of nitrogen functional groups attached to an aromatic ring is 1. The largest absolute Gasteiger partial charge is 0.382 e. The van der Waals surface area contributed by atoms with Gasteiger partial charge in [0.05, 0.1) is 0 Å². The van der Waals surface area contributed by atoms with E-state index in [0.717, 1.165) is 5.56 Å². The molecule has 3 rings (SSSR count). The summed E-state index contributed by atoms with van der Waals surface area (Å²) < 4.78 is 1.17. The van der Waals surface area contributed by atoms with E-state index >= 15 is 0 Å². The van der Waals surface area contributed by atoms with Crippen molar-refractivity contribution in [2.75, 3.05) is 16.4 Å². The molecule has 0 saturated heterocycles. The van der Waals surface area contributed by atoms with E-state index in [1.54, 1.807) is 30.3 Å². The van der Waals surface area contributed by atoms with Crippen molar-refractivity contribution in [3.8, 4) is 0 Å². The van der Waals surface area contributed by atoms with Gasteiger partial charge in [0, 0.05) is 16.4 Å². The van der Waals surface area contributed by atoms with Crippen molar-refractivity contribution in [1.82, 2.24) is 15.0 Å². The quantitative estimate of drug-likeness (QED) is 0.625. The topological polar surface area (TPSA) is 115 Å². The zero-order valence-corrected chi connectivity index (χ0v) is 15.2. The van der Waals surface area contributed by atoms with E-state index in [0.29, 0.717) is 16.4 Å². The van der Waals surface area contributed by atoms with Crippen LogP contribution in [0.15, 0.2) is 48.5 Å². The number of nitrogens with zero attached hydrogens (tertiary/aromatic N) is 3. The van der Waals surface area contributed by atoms with Gasteiger partial charge in [-0.3, -0.25) is 9.59 Å². The van der Waals surface area contributed by atoms with Crippen molar-refractivity contribution in [2.45, 2.75) is 13.5 Å². The van der Waals surface area contributed by atoms with E-state index in [9.17, 15) is 9.59 Å². The molecule has 0 bridgehead atoms. The molecule has 3 aromatic rings. The summed E-state index contributed by atoms with van der Waals surface area (Å²) in [5.41, 5.74) is 8.09. The number of nitrogens with one attached hydrogen (secondary N) is 2. The molecule has 0 radical (unpaired) electrons. The van der Waals surface area contributed by atoms with Crippen LogP contribution in [0.4, 0.5) is 17.2 Å². The second-order valence-electron chi connectivity index (χ2n) is 5.86. The van der Waals surface area contributed by atoms with Crippen LogP contribution in [-0.2, 0) is 11.3 Å². The van der Waals surface area contributed by atoms with E-state index in [1.807, 2.05) is 25.1 Å². The first-order valence-corrected chi connectivity index (χ1v) is 8.42. The second-order valence-corrected chi connectivity index (χ2v) is 6.30. The number of carbonyl (C=O) groups is 2. The van der Waals surface area contributed by atoms with Gasteiger partial charge in [0.15, 0.2) is 11.5 Å². The molecule has 9 heteroatoms. The Bertz CT molecular complexity index is 984. The monoisotopic (exact) mass is 384 g/mol. The first kappa shape index (κ1) is 18.4. The molecule has 0 aliphatic carbocycles. The zero-order valence-electron chi connectivity index (χ0n) is 14.4. The second kappa shape index (κ2) is 7.88. The highest BCUT2D eigenvalue weighted by Gasteiger charge is 2.19. The van der Waals surface area contributed by atoms with Crippen LogP contribution in [0, 0.1) is 6.92 Å². The molecule has 0 unspecified atom stereocenters. The summed E-state index contributed by atoms with van der Waals surface area (Å²) in [6.45, 7) is 1.76. The van der Waals surface area contributed by atoms with Gasteiger partial charge in [0.25, 0.3) is 5.91 Å². The van der Waals surface area contributed by atoms with Crippen molar-refractivity contribution in [1.29, 1.82) is 0 Å². The summed E-state index contributed by atoms with van der Waals surface area (Å²) in [5.74, 6) is -0.858. The lowest BCUT2D eigenvalue weighted by atomic mass is 10.2. The molecular weight excluding hydrogens is 368 g/mol. The third kappa shape index (κ3) is 4.62. The zero-order chi connectivity index (χ0) is 19.4. The Kier molecular flexibility index (Phi) is 5.37. The van der Waals surface area contributed by atoms with Gasteiger partial charge in [-0.15, -0.1) is 5.10 Å². The predicted molar refractivity (Wildman–Crippen MR) is 104 cm³/mol. The maximum atomic E-state index is 12.3. The van der Waals surface area contributed by atoms with Gasteiger partial charge >= 0.3 is 0 Å². The summed E-state index contributed by atoms with van der Waals surface area (Å²) in [6, 6.07) is 14.0. The number of amides is 2. The number of carbonyl (C=O) groups excluding carboxylic acids is 2. The van der Waals surface area contributed by atoms with Gasteiger partial charge in [0.1, 0.15) is 6.54 Å². The first-order valence-electron chi connectivity index (χ1n) is 8.05. The van der Waals surface area contributed by atoms with Crippen LogP contribution in [-0.4, -0.2) is 26.8 Å². The maximum Gasteiger partial charge on any atom is 0.280 e. The molecule has 0 fully saturated rings. The number of anilines is 3. The van der Waals surface area contributed by atoms with Crippen molar-refractivity contribution in [3.05, 3.63) is 64.8 Å². The average Bonchev–Trinajstić information content (AvgIpc) is 2.97. The lowest BCUT2D eigenvalue weighted by Crippen LogP contribution is -2.21. The lowest BCUT2D eigenvalue weighted by molar-refractivity contribution is -0.116. The van der Waals surface area contributed by atoms with Crippen LogP contribution in [0.2, 0.25) is 5.02 Å². The summed E-state index contributed by atoms with van der Waals surface area (Å²) in [7, 11) is 0. The predicted octanol–water partition coefficient (Wildman–Crippen LogP) is 2.71. The smallest absolute Gasteiger partial charge is 0.280 e. The Hall–Kier alpha value is -3.39. The summed E-state index contributed by atoms with van der Waals surface area (Å²) >= 11 is 5.81. The van der Waals surface area contributed by atoms with E-state index in [4.69, 9.17) is 17.3 Å². The van der Waals surface area contributed by atoms with E-state index in [2.05, 4.69) is 20.9 Å². The van der Waals surface area contributed by atoms with Gasteiger partial charge < -0.3 is 16.4 Å². The standard InChI is InChI=1S/C18H17ClN6O2/c1-11-3-2-4-14(9-11)21-15(26)10-25-17(20)16(23-24-25)18(27)22-13-7-5-12(19)6-8-13/h2-9H,10,20H2,1H3,(H,21,26)(H,22,27). The fraction of sp³-hybridized carbons (Fsp3) is 0.111. The Balaban J connectivity index is 1.66. The van der Waals surface area contributed by atoms with Crippen LogP contribution in [0.3, 0.4) is 0 Å². The van der Waals surface area contributed by atoms with Crippen LogP contribution in [0.25, 0.3) is 0 Å². The van der Waals surface area contributed by atoms with Crippen molar-refractivity contribution in [3.63, 3.8) is 0 Å². The summed E-state index contributed by atoms with van der Waals surface area (Å²) in [5, 5.41) is 13.5. The number of halogens is 1. The highest BCUT2D eigenvalue weighted by atomic mass is 35.5. The van der Waals surface area contributed by atoms with Crippen molar-refractivity contribution >= 4 is 40.6 Å². The Labute approximate surface area is 160 Å². The summed E-state index contributed by atoms with van der Waals surface area (Å²) in [4.78, 5) is 24.5. The number of nitrogens with two attached hydrogens (primary N) is 1. The van der Waals surface area contributed by atoms with Crippen LogP contribution < -0.4 is 16.4 Å². The minimum absolute atomic E-state index is 0.000792. The molecule has 4 N–H and O–H groups in total. The fourth-order valence-electron chi connectivity index (χ4n) is 2.38. The van der Waals surface area contributed by atoms with Gasteiger partial charge in [-0.2, -0.15) is 0 Å². The normalized spacial score (nSPS) is 10.4. The average molecular weight is 385 g/mol. The Morgan fingerprint density at radius 1 is 1.11 bits per heavy atom. The van der Waals surface area contributed by atoms with Crippen LogP contribution in [0.1, 0.15) is 16.1 Å². The molecule has 8 nitrogen and oxygen atoms in total. The summed E-state index contributed by atoms with van der Waals surface area (Å²) in [6.07, 6.45) is 0. The minimum atomic E-state index is -0.528. The number of aromatic nitrogens is 3. The number of aryl methyl sites for hydroxylation is 1. The molecule has 0 aliphatic rings. The number of rotatable bonds is 5. The first-order chi connectivity index (χ1) is 12.9. The Morgan fingerprint density at radius 3 is 2.56 bits per heavy atom. The Morgan fingerprint density at radius 2 is 1.85 bits per heavy atom. The molecule has 1 aromatic heterocycles. The molecule has 0 aliphatic heterocycles. The lowest BCUT2D eigenvalue weighted by Gasteiger charge is -2.07. The molecule has 0 spiro atoms. The molecule has 27 heavy (non-hydrogen) atoms. The van der Waals surface area contributed by atoms with E-state index < -0.39 is 5.91 Å². The number of hydrogen-bond acceptors (Lipinski definition) is 5. The van der Waals surface area contributed by atoms with Crippen molar-refractivity contribution < 1.29 is 9.59 Å². The third-order valence-corrected chi connectivity index (χ3v) is 3.94. The molecule has 2 aromatic carbocycles. The van der Waals surface area contributed by atoms with Gasteiger partial charge in [-0.1, -0.05) is 28.9 Å². The highest BCUT2D eigenvalue weighted by Crippen LogP contribution is 2.16. The van der Waals surface area contributed by atoms with E-state index in [-0.39, 0.29) is 24.0 Å². The van der Waals surface area contributed by atoms with Gasteiger partial charge in [0.2, 0.25) is 5.91 Å². The van der Waals surface area contributed by atoms with E-state index in [1.165, 1.54) is 4.68 Å². The SMILES string of the molecule is Cc1cccc(NC(=O)Cn2nnc(C(=O)Nc3ccc(Cl)cc3)c2N)c1. The third-order valence-electron chi connectivity index (χ3n) is 3.69. The van der Waals surface area contributed by atoms with Crippen LogP contribution >= 0.6 is 11.6 Å². The molecule has 1 heterocycles. The molecule has 0 atom stereocenters. The maximum absolute atomic E-state index is 12.3. The minimum Gasteiger partial charge on any atom is -0.382 e. The highest BCUT2D eigenvalue weighted by molar-refractivity contribution is 6.30. The molecule has 2 amide bonds. The van der Waals surface area contributed by atoms with Crippen LogP contribution in [0.5, 0.6) is 0 Å². The van der Waals surface area contributed by atoms with Gasteiger partial charge in [-0.05, 0) is 48.9 Å². The molecular formula is C18H17ClN6O2.